The van der Waals surface area contributed by atoms with E-state index in [0.717, 1.165) is 18.5 Å². The molecule has 23 heavy (non-hydrogen) atoms. The van der Waals surface area contributed by atoms with Crippen molar-refractivity contribution in [2.24, 2.45) is 5.73 Å². The Morgan fingerprint density at radius 2 is 1.74 bits per heavy atom. The highest BCUT2D eigenvalue weighted by Gasteiger charge is 2.09. The molecule has 1 aromatic carbocycles. The zero-order valence-corrected chi connectivity index (χ0v) is 14.4. The zero-order valence-electron chi connectivity index (χ0n) is 14.4. The van der Waals surface area contributed by atoms with Crippen LogP contribution in [-0.2, 0) is 17.9 Å². The molecule has 1 amide bonds. The van der Waals surface area contributed by atoms with Crippen LogP contribution in [-0.4, -0.2) is 29.9 Å². The van der Waals surface area contributed by atoms with E-state index in [1.807, 2.05) is 6.92 Å². The Morgan fingerprint density at radius 1 is 1.13 bits per heavy atom. The minimum Gasteiger partial charge on any atom is -0.352 e. The predicted molar refractivity (Wildman–Crippen MR) is 94.9 cm³/mol. The maximum Gasteiger partial charge on any atom is 0.220 e. The van der Waals surface area contributed by atoms with E-state index in [-0.39, 0.29) is 11.9 Å². The molecule has 2 rings (SSSR count). The number of nitrogens with zero attached hydrogens (tertiary/aromatic N) is 1. The second-order valence-electron chi connectivity index (χ2n) is 6.80. The van der Waals surface area contributed by atoms with Crippen LogP contribution in [0.1, 0.15) is 56.6 Å². The van der Waals surface area contributed by atoms with Crippen molar-refractivity contribution < 1.29 is 4.79 Å². The highest BCUT2D eigenvalue weighted by atomic mass is 16.1. The summed E-state index contributed by atoms with van der Waals surface area (Å²) in [5, 5.41) is 2.96. The van der Waals surface area contributed by atoms with E-state index in [1.54, 1.807) is 0 Å². The van der Waals surface area contributed by atoms with Gasteiger partial charge >= 0.3 is 0 Å². The van der Waals surface area contributed by atoms with Gasteiger partial charge in [0.25, 0.3) is 0 Å². The summed E-state index contributed by atoms with van der Waals surface area (Å²) in [5.74, 6) is 0.0796. The lowest BCUT2D eigenvalue weighted by Gasteiger charge is -2.19. The molecule has 1 unspecified atom stereocenters. The lowest BCUT2D eigenvalue weighted by molar-refractivity contribution is -0.121. The Hall–Kier alpha value is -1.39. The largest absolute Gasteiger partial charge is 0.352 e. The van der Waals surface area contributed by atoms with E-state index in [9.17, 15) is 4.79 Å². The third kappa shape index (κ3) is 7.14. The second kappa shape index (κ2) is 9.68. The molecule has 0 aliphatic carbocycles. The van der Waals surface area contributed by atoms with Crippen LogP contribution >= 0.6 is 0 Å². The SMILES string of the molecule is CC(N)CCC(=O)NCc1ccc(CN2CCCCCC2)cc1. The fraction of sp³-hybridized carbons (Fsp3) is 0.632. The van der Waals surface area contributed by atoms with Gasteiger partial charge in [-0.2, -0.15) is 0 Å². The first-order valence-electron chi connectivity index (χ1n) is 8.96. The van der Waals surface area contributed by atoms with Gasteiger partial charge < -0.3 is 11.1 Å². The lowest BCUT2D eigenvalue weighted by atomic mass is 10.1. The van der Waals surface area contributed by atoms with Gasteiger partial charge in [0, 0.05) is 25.6 Å². The summed E-state index contributed by atoms with van der Waals surface area (Å²) < 4.78 is 0. The third-order valence-electron chi connectivity index (χ3n) is 4.44. The van der Waals surface area contributed by atoms with Crippen molar-refractivity contribution in [1.29, 1.82) is 0 Å². The van der Waals surface area contributed by atoms with Gasteiger partial charge in [0.2, 0.25) is 5.91 Å². The number of carbonyl (C=O) groups excluding carboxylic acids is 1. The van der Waals surface area contributed by atoms with Crippen LogP contribution in [0.3, 0.4) is 0 Å². The van der Waals surface area contributed by atoms with Crippen molar-refractivity contribution >= 4 is 5.91 Å². The summed E-state index contributed by atoms with van der Waals surface area (Å²) in [6.07, 6.45) is 6.64. The average molecular weight is 317 g/mol. The average Bonchev–Trinajstić information content (AvgIpc) is 2.81. The molecule has 1 atom stereocenters. The molecule has 1 heterocycles. The number of benzene rings is 1. The molecule has 1 aliphatic heterocycles. The maximum atomic E-state index is 11.7. The predicted octanol–water partition coefficient (Wildman–Crippen LogP) is 2.81. The quantitative estimate of drug-likeness (QED) is 0.813. The number of rotatable bonds is 7. The van der Waals surface area contributed by atoms with Gasteiger partial charge in [0.1, 0.15) is 0 Å². The molecular formula is C19H31N3O. The number of nitrogens with two attached hydrogens (primary N) is 1. The molecule has 0 radical (unpaired) electrons. The van der Waals surface area contributed by atoms with Crippen molar-refractivity contribution in [2.75, 3.05) is 13.1 Å². The topological polar surface area (TPSA) is 58.4 Å². The van der Waals surface area contributed by atoms with Crippen LogP contribution in [0.5, 0.6) is 0 Å². The highest BCUT2D eigenvalue weighted by molar-refractivity contribution is 5.75. The van der Waals surface area contributed by atoms with Gasteiger partial charge in [-0.1, -0.05) is 37.1 Å². The second-order valence-corrected chi connectivity index (χ2v) is 6.80. The highest BCUT2D eigenvalue weighted by Crippen LogP contribution is 2.14. The summed E-state index contributed by atoms with van der Waals surface area (Å²) in [6.45, 7) is 6.01. The molecule has 1 aromatic rings. The minimum absolute atomic E-state index is 0.0796. The van der Waals surface area contributed by atoms with Crippen molar-refractivity contribution in [2.45, 2.75) is 64.6 Å². The normalized spacial score (nSPS) is 17.5. The van der Waals surface area contributed by atoms with Gasteiger partial charge in [-0.05, 0) is 50.4 Å². The molecular weight excluding hydrogens is 286 g/mol. The molecule has 4 nitrogen and oxygen atoms in total. The van der Waals surface area contributed by atoms with Gasteiger partial charge in [0.15, 0.2) is 0 Å². The zero-order chi connectivity index (χ0) is 16.5. The Kier molecular flexibility index (Phi) is 7.56. The van der Waals surface area contributed by atoms with Crippen LogP contribution in [0.4, 0.5) is 0 Å². The van der Waals surface area contributed by atoms with Crippen molar-refractivity contribution in [3.8, 4) is 0 Å². The van der Waals surface area contributed by atoms with E-state index < -0.39 is 0 Å². The van der Waals surface area contributed by atoms with E-state index in [1.165, 1.54) is 44.3 Å². The summed E-state index contributed by atoms with van der Waals surface area (Å²) >= 11 is 0. The minimum atomic E-state index is 0.0796. The smallest absolute Gasteiger partial charge is 0.220 e. The Morgan fingerprint density at radius 3 is 2.35 bits per heavy atom. The molecule has 0 spiro atoms. The molecule has 0 bridgehead atoms. The molecule has 1 saturated heterocycles. The number of amides is 1. The monoisotopic (exact) mass is 317 g/mol. The summed E-state index contributed by atoms with van der Waals surface area (Å²) in [6, 6.07) is 8.71. The fourth-order valence-electron chi connectivity index (χ4n) is 2.96. The molecule has 0 aromatic heterocycles. The van der Waals surface area contributed by atoms with Crippen LogP contribution in [0.25, 0.3) is 0 Å². The molecule has 128 valence electrons. The molecule has 1 aliphatic rings. The van der Waals surface area contributed by atoms with E-state index in [4.69, 9.17) is 5.73 Å². The summed E-state index contributed by atoms with van der Waals surface area (Å²) in [4.78, 5) is 14.3. The van der Waals surface area contributed by atoms with Gasteiger partial charge in [-0.15, -0.1) is 0 Å². The third-order valence-corrected chi connectivity index (χ3v) is 4.44. The molecule has 1 fully saturated rings. The van der Waals surface area contributed by atoms with Crippen molar-refractivity contribution in [1.82, 2.24) is 10.2 Å². The first-order chi connectivity index (χ1) is 11.1. The number of hydrogen-bond acceptors (Lipinski definition) is 3. The molecule has 0 saturated carbocycles. The summed E-state index contributed by atoms with van der Waals surface area (Å²) in [7, 11) is 0. The van der Waals surface area contributed by atoms with E-state index in [0.29, 0.717) is 13.0 Å². The summed E-state index contributed by atoms with van der Waals surface area (Å²) in [5.41, 5.74) is 8.18. The first kappa shape index (κ1) is 18.0. The molecule has 3 N–H and O–H groups in total. The number of likely N-dealkylation sites (tertiary alicyclic amines) is 1. The first-order valence-corrected chi connectivity index (χ1v) is 8.96. The lowest BCUT2D eigenvalue weighted by Crippen LogP contribution is -2.25. The Balaban J connectivity index is 1.74. The number of carbonyl (C=O) groups is 1. The van der Waals surface area contributed by atoms with Crippen LogP contribution < -0.4 is 11.1 Å². The van der Waals surface area contributed by atoms with Crippen LogP contribution in [0.2, 0.25) is 0 Å². The van der Waals surface area contributed by atoms with Crippen molar-refractivity contribution in [3.05, 3.63) is 35.4 Å². The van der Waals surface area contributed by atoms with Gasteiger partial charge in [-0.3, -0.25) is 9.69 Å². The van der Waals surface area contributed by atoms with Crippen LogP contribution in [0, 0.1) is 0 Å². The van der Waals surface area contributed by atoms with E-state index >= 15 is 0 Å². The van der Waals surface area contributed by atoms with Crippen molar-refractivity contribution in [3.63, 3.8) is 0 Å². The molecule has 4 heteroatoms. The Labute approximate surface area is 140 Å². The van der Waals surface area contributed by atoms with Crippen LogP contribution in [0.15, 0.2) is 24.3 Å². The fourth-order valence-corrected chi connectivity index (χ4v) is 2.96. The number of nitrogens with one attached hydrogen (secondary N) is 1. The van der Waals surface area contributed by atoms with E-state index in [2.05, 4.69) is 34.5 Å². The Bertz CT molecular complexity index is 462. The maximum absolute atomic E-state index is 11.7. The van der Waals surface area contributed by atoms with Gasteiger partial charge in [0.05, 0.1) is 0 Å². The van der Waals surface area contributed by atoms with Gasteiger partial charge in [-0.25, -0.2) is 0 Å². The standard InChI is InChI=1S/C19H31N3O/c1-16(20)6-11-19(23)21-14-17-7-9-18(10-8-17)15-22-12-4-2-3-5-13-22/h7-10,16H,2-6,11-15,20H2,1H3,(H,21,23). The number of hydrogen-bond donors (Lipinski definition) is 2.